The molecule has 0 radical (unpaired) electrons. The second kappa shape index (κ2) is 4.36. The first-order valence-corrected chi connectivity index (χ1v) is 5.38. The summed E-state index contributed by atoms with van der Waals surface area (Å²) in [6.45, 7) is 0. The second-order valence-corrected chi connectivity index (χ2v) is 4.21. The molecule has 16 heavy (non-hydrogen) atoms. The van der Waals surface area contributed by atoms with E-state index in [0.717, 1.165) is 10.1 Å². The Morgan fingerprint density at radius 3 is 2.56 bits per heavy atom. The van der Waals surface area contributed by atoms with E-state index in [1.54, 1.807) is 18.3 Å². The topological polar surface area (TPSA) is 61.0 Å². The van der Waals surface area contributed by atoms with Crippen LogP contribution in [-0.4, -0.2) is 14.5 Å². The minimum absolute atomic E-state index is 0.101. The first kappa shape index (κ1) is 10.7. The maximum Gasteiger partial charge on any atom is 0.269 e. The summed E-state index contributed by atoms with van der Waals surface area (Å²) >= 11 is 1.47. The monoisotopic (exact) mass is 235 g/mol. The molecular weight excluding hydrogens is 226 g/mol. The smallest absolute Gasteiger partial charge is 0.269 e. The second-order valence-electron chi connectivity index (χ2n) is 3.17. The molecule has 2 aromatic rings. The zero-order valence-electron chi connectivity index (χ0n) is 8.53. The van der Waals surface area contributed by atoms with Crippen LogP contribution in [0.1, 0.15) is 0 Å². The van der Waals surface area contributed by atoms with E-state index >= 15 is 0 Å². The average Bonchev–Trinajstić information content (AvgIpc) is 2.65. The number of nitro benzene ring substituents is 1. The van der Waals surface area contributed by atoms with E-state index in [0.29, 0.717) is 0 Å². The molecule has 0 N–H and O–H groups in total. The van der Waals surface area contributed by atoms with Crippen molar-refractivity contribution in [2.45, 2.75) is 10.1 Å². The van der Waals surface area contributed by atoms with Crippen molar-refractivity contribution in [3.05, 3.63) is 46.8 Å². The van der Waals surface area contributed by atoms with Crippen LogP contribution < -0.4 is 0 Å². The molecule has 0 fully saturated rings. The highest BCUT2D eigenvalue weighted by Gasteiger charge is 2.06. The number of nitrogens with zero attached hydrogens (tertiary/aromatic N) is 3. The van der Waals surface area contributed by atoms with Gasteiger partial charge in [0.15, 0.2) is 5.16 Å². The summed E-state index contributed by atoms with van der Waals surface area (Å²) in [6.07, 6.45) is 3.57. The number of non-ortho nitro benzene ring substituents is 1. The van der Waals surface area contributed by atoms with E-state index in [9.17, 15) is 10.1 Å². The minimum atomic E-state index is -0.408. The number of hydrogen-bond donors (Lipinski definition) is 0. The van der Waals surface area contributed by atoms with Crippen LogP contribution in [0.4, 0.5) is 5.69 Å². The van der Waals surface area contributed by atoms with Crippen LogP contribution in [0.25, 0.3) is 0 Å². The Bertz CT molecular complexity index is 507. The van der Waals surface area contributed by atoms with Gasteiger partial charge in [0.1, 0.15) is 0 Å². The van der Waals surface area contributed by atoms with E-state index in [-0.39, 0.29) is 5.69 Å². The molecule has 1 aromatic carbocycles. The molecule has 0 aliphatic rings. The number of rotatable bonds is 3. The molecule has 0 saturated heterocycles. The predicted octanol–water partition coefficient (Wildman–Crippen LogP) is 2.48. The fraction of sp³-hybridized carbons (Fsp3) is 0.100. The van der Waals surface area contributed by atoms with Crippen LogP contribution in [0.15, 0.2) is 46.7 Å². The van der Waals surface area contributed by atoms with E-state index in [4.69, 9.17) is 0 Å². The molecule has 0 atom stereocenters. The van der Waals surface area contributed by atoms with Crippen LogP contribution >= 0.6 is 11.8 Å². The van der Waals surface area contributed by atoms with Gasteiger partial charge in [0, 0.05) is 36.5 Å². The molecule has 0 saturated carbocycles. The standard InChI is InChI=1S/C10H9N3O2S/c1-12-7-6-11-10(12)16-9-4-2-8(3-5-9)13(14)15/h2-7H,1H3. The summed E-state index contributed by atoms with van der Waals surface area (Å²) in [7, 11) is 1.90. The van der Waals surface area contributed by atoms with Crippen molar-refractivity contribution < 1.29 is 4.92 Å². The molecule has 0 aliphatic carbocycles. The normalized spacial score (nSPS) is 10.3. The number of benzene rings is 1. The van der Waals surface area contributed by atoms with E-state index < -0.39 is 4.92 Å². The summed E-state index contributed by atoms with van der Waals surface area (Å²) < 4.78 is 1.89. The Kier molecular flexibility index (Phi) is 2.91. The summed E-state index contributed by atoms with van der Waals surface area (Å²) in [4.78, 5) is 15.1. The van der Waals surface area contributed by atoms with Crippen LogP contribution in [0.5, 0.6) is 0 Å². The van der Waals surface area contributed by atoms with Gasteiger partial charge in [-0.15, -0.1) is 0 Å². The highest BCUT2D eigenvalue weighted by atomic mass is 32.2. The van der Waals surface area contributed by atoms with Crippen molar-refractivity contribution in [3.63, 3.8) is 0 Å². The lowest BCUT2D eigenvalue weighted by molar-refractivity contribution is -0.384. The molecule has 1 heterocycles. The Balaban J connectivity index is 2.17. The molecule has 1 aromatic heterocycles. The number of imidazole rings is 1. The third kappa shape index (κ3) is 2.22. The third-order valence-corrected chi connectivity index (χ3v) is 3.12. The lowest BCUT2D eigenvalue weighted by Gasteiger charge is -2.00. The number of hydrogen-bond acceptors (Lipinski definition) is 4. The van der Waals surface area contributed by atoms with Gasteiger partial charge in [0.2, 0.25) is 0 Å². The molecule has 0 aliphatic heterocycles. The van der Waals surface area contributed by atoms with Crippen molar-refractivity contribution in [1.29, 1.82) is 0 Å². The first-order chi connectivity index (χ1) is 7.66. The molecular formula is C10H9N3O2S. The maximum atomic E-state index is 10.5. The van der Waals surface area contributed by atoms with Gasteiger partial charge in [-0.25, -0.2) is 4.98 Å². The Labute approximate surface area is 96.3 Å². The van der Waals surface area contributed by atoms with Crippen LogP contribution in [0.2, 0.25) is 0 Å². The molecule has 6 heteroatoms. The molecule has 5 nitrogen and oxygen atoms in total. The van der Waals surface area contributed by atoms with Crippen molar-refractivity contribution in [1.82, 2.24) is 9.55 Å². The molecule has 0 unspecified atom stereocenters. The third-order valence-electron chi connectivity index (χ3n) is 2.03. The van der Waals surface area contributed by atoms with Gasteiger partial charge in [-0.1, -0.05) is 11.8 Å². The van der Waals surface area contributed by atoms with Crippen molar-refractivity contribution >= 4 is 17.4 Å². The highest BCUT2D eigenvalue weighted by Crippen LogP contribution is 2.27. The van der Waals surface area contributed by atoms with Crippen LogP contribution in [0.3, 0.4) is 0 Å². The molecule has 0 spiro atoms. The van der Waals surface area contributed by atoms with Gasteiger partial charge in [0.05, 0.1) is 4.92 Å². The fourth-order valence-corrected chi connectivity index (χ4v) is 1.99. The average molecular weight is 235 g/mol. The minimum Gasteiger partial charge on any atom is -0.329 e. The molecule has 0 amide bonds. The summed E-state index contributed by atoms with van der Waals surface area (Å²) in [5.41, 5.74) is 0.101. The molecule has 2 rings (SSSR count). The maximum absolute atomic E-state index is 10.5. The van der Waals surface area contributed by atoms with E-state index in [2.05, 4.69) is 4.98 Å². The Morgan fingerprint density at radius 1 is 1.38 bits per heavy atom. The van der Waals surface area contributed by atoms with Crippen molar-refractivity contribution in [2.24, 2.45) is 7.05 Å². The SMILES string of the molecule is Cn1ccnc1Sc1ccc([N+](=O)[O-])cc1. The number of aromatic nitrogens is 2. The van der Waals surface area contributed by atoms with Crippen molar-refractivity contribution in [3.8, 4) is 0 Å². The summed E-state index contributed by atoms with van der Waals surface area (Å²) in [5, 5.41) is 11.3. The van der Waals surface area contributed by atoms with Crippen LogP contribution in [-0.2, 0) is 7.05 Å². The van der Waals surface area contributed by atoms with E-state index in [1.807, 2.05) is 17.8 Å². The van der Waals surface area contributed by atoms with Gasteiger partial charge in [-0.3, -0.25) is 10.1 Å². The molecule has 82 valence electrons. The van der Waals surface area contributed by atoms with Gasteiger partial charge in [-0.05, 0) is 12.1 Å². The van der Waals surface area contributed by atoms with Gasteiger partial charge >= 0.3 is 0 Å². The number of aryl methyl sites for hydroxylation is 1. The number of nitro groups is 1. The Hall–Kier alpha value is -1.82. The predicted molar refractivity (Wildman–Crippen MR) is 60.4 cm³/mol. The lowest BCUT2D eigenvalue weighted by Crippen LogP contribution is -1.89. The van der Waals surface area contributed by atoms with Gasteiger partial charge in [0.25, 0.3) is 5.69 Å². The van der Waals surface area contributed by atoms with Crippen molar-refractivity contribution in [2.75, 3.05) is 0 Å². The fourth-order valence-electron chi connectivity index (χ4n) is 1.19. The quantitative estimate of drug-likeness (QED) is 0.605. The summed E-state index contributed by atoms with van der Waals surface area (Å²) in [5.74, 6) is 0. The molecule has 0 bridgehead atoms. The highest BCUT2D eigenvalue weighted by molar-refractivity contribution is 7.99. The van der Waals surface area contributed by atoms with Crippen LogP contribution in [0, 0.1) is 10.1 Å². The van der Waals surface area contributed by atoms with Gasteiger partial charge < -0.3 is 4.57 Å². The zero-order valence-corrected chi connectivity index (χ0v) is 9.35. The van der Waals surface area contributed by atoms with Gasteiger partial charge in [-0.2, -0.15) is 0 Å². The van der Waals surface area contributed by atoms with E-state index in [1.165, 1.54) is 23.9 Å². The lowest BCUT2D eigenvalue weighted by atomic mass is 10.3. The Morgan fingerprint density at radius 2 is 2.06 bits per heavy atom. The largest absolute Gasteiger partial charge is 0.329 e. The summed E-state index contributed by atoms with van der Waals surface area (Å²) in [6, 6.07) is 6.42. The first-order valence-electron chi connectivity index (χ1n) is 4.56. The zero-order chi connectivity index (χ0) is 11.5.